The van der Waals surface area contributed by atoms with Crippen molar-refractivity contribution in [2.45, 2.75) is 44.6 Å². The fourth-order valence-electron chi connectivity index (χ4n) is 2.90. The SMILES string of the molecule is CCc1cc(F)c(OC)c(C2(N=C=O)CCCC2)c1. The predicted molar refractivity (Wildman–Crippen MR) is 70.6 cm³/mol. The fraction of sp³-hybridized carbons (Fsp3) is 0.533. The molecule has 1 aromatic rings. The molecule has 3 nitrogen and oxygen atoms in total. The van der Waals surface area contributed by atoms with E-state index < -0.39 is 5.54 Å². The molecule has 1 aromatic carbocycles. The van der Waals surface area contributed by atoms with Gasteiger partial charge < -0.3 is 4.74 Å². The van der Waals surface area contributed by atoms with Gasteiger partial charge in [-0.15, -0.1) is 0 Å². The lowest BCUT2D eigenvalue weighted by molar-refractivity contribution is 0.356. The van der Waals surface area contributed by atoms with Crippen LogP contribution >= 0.6 is 0 Å². The Morgan fingerprint density at radius 1 is 1.42 bits per heavy atom. The number of hydrogen-bond acceptors (Lipinski definition) is 3. The monoisotopic (exact) mass is 263 g/mol. The molecular weight excluding hydrogens is 245 g/mol. The maximum Gasteiger partial charge on any atom is 0.235 e. The molecular formula is C15H18FNO2. The van der Waals surface area contributed by atoms with Crippen molar-refractivity contribution < 1.29 is 13.9 Å². The summed E-state index contributed by atoms with van der Waals surface area (Å²) in [6, 6.07) is 3.39. The van der Waals surface area contributed by atoms with Crippen LogP contribution < -0.4 is 4.74 Å². The minimum Gasteiger partial charge on any atom is -0.493 e. The second kappa shape index (κ2) is 5.54. The van der Waals surface area contributed by atoms with Crippen LogP contribution in [0.25, 0.3) is 0 Å². The van der Waals surface area contributed by atoms with E-state index in [1.807, 2.05) is 13.0 Å². The molecule has 0 bridgehead atoms. The Bertz CT molecular complexity index is 515. The Kier molecular flexibility index (Phi) is 4.01. The third-order valence-electron chi connectivity index (χ3n) is 3.91. The van der Waals surface area contributed by atoms with E-state index in [0.29, 0.717) is 5.56 Å². The fourth-order valence-corrected chi connectivity index (χ4v) is 2.90. The normalized spacial score (nSPS) is 17.0. The number of hydrogen-bond donors (Lipinski definition) is 0. The Morgan fingerprint density at radius 2 is 2.11 bits per heavy atom. The molecule has 1 fully saturated rings. The summed E-state index contributed by atoms with van der Waals surface area (Å²) >= 11 is 0. The summed E-state index contributed by atoms with van der Waals surface area (Å²) < 4.78 is 19.3. The van der Waals surface area contributed by atoms with Gasteiger partial charge in [0, 0.05) is 5.56 Å². The smallest absolute Gasteiger partial charge is 0.235 e. The molecule has 0 radical (unpaired) electrons. The van der Waals surface area contributed by atoms with Crippen molar-refractivity contribution >= 4 is 6.08 Å². The summed E-state index contributed by atoms with van der Waals surface area (Å²) in [5, 5.41) is 0. The zero-order valence-corrected chi connectivity index (χ0v) is 11.3. The molecule has 1 aliphatic carbocycles. The molecule has 2 rings (SSSR count). The summed E-state index contributed by atoms with van der Waals surface area (Å²) in [6.45, 7) is 1.97. The Hall–Kier alpha value is -1.67. The van der Waals surface area contributed by atoms with Gasteiger partial charge in [-0.2, -0.15) is 4.99 Å². The first-order chi connectivity index (χ1) is 9.16. The molecule has 0 saturated heterocycles. The number of carbonyl (C=O) groups excluding carboxylic acids is 1. The molecule has 0 spiro atoms. The maximum atomic E-state index is 14.1. The number of ether oxygens (including phenoxy) is 1. The number of aliphatic imine (C=N–C) groups is 1. The third kappa shape index (κ3) is 2.41. The van der Waals surface area contributed by atoms with Gasteiger partial charge in [-0.3, -0.25) is 0 Å². The number of isocyanates is 1. The topological polar surface area (TPSA) is 38.7 Å². The second-order valence-corrected chi connectivity index (χ2v) is 4.95. The standard InChI is InChI=1S/C15H18FNO2/c1-3-11-8-12(14(19-2)13(16)9-11)15(17-10-18)6-4-5-7-15/h8-9H,3-7H2,1-2H3. The number of aryl methyl sites for hydroxylation is 1. The van der Waals surface area contributed by atoms with Crippen molar-refractivity contribution in [3.63, 3.8) is 0 Å². The van der Waals surface area contributed by atoms with Gasteiger partial charge in [0.2, 0.25) is 6.08 Å². The third-order valence-corrected chi connectivity index (χ3v) is 3.91. The summed E-state index contributed by atoms with van der Waals surface area (Å²) in [6.07, 6.45) is 5.82. The molecule has 102 valence electrons. The molecule has 4 heteroatoms. The van der Waals surface area contributed by atoms with Crippen molar-refractivity contribution in [1.82, 2.24) is 0 Å². The first-order valence-electron chi connectivity index (χ1n) is 6.63. The minimum atomic E-state index is -0.654. The van der Waals surface area contributed by atoms with Gasteiger partial charge in [0.15, 0.2) is 11.6 Å². The van der Waals surface area contributed by atoms with E-state index in [2.05, 4.69) is 4.99 Å². The number of rotatable bonds is 4. The van der Waals surface area contributed by atoms with Crippen molar-refractivity contribution in [2.75, 3.05) is 7.11 Å². The molecule has 0 heterocycles. The van der Waals surface area contributed by atoms with E-state index >= 15 is 0 Å². The zero-order valence-electron chi connectivity index (χ0n) is 11.3. The van der Waals surface area contributed by atoms with E-state index in [0.717, 1.165) is 37.7 Å². The van der Waals surface area contributed by atoms with Crippen LogP contribution in [0.4, 0.5) is 4.39 Å². The summed E-state index contributed by atoms with van der Waals surface area (Å²) in [5.74, 6) is -0.178. The molecule has 0 amide bonds. The van der Waals surface area contributed by atoms with Gasteiger partial charge >= 0.3 is 0 Å². The molecule has 0 atom stereocenters. The lowest BCUT2D eigenvalue weighted by Crippen LogP contribution is -2.21. The lowest BCUT2D eigenvalue weighted by Gasteiger charge is -2.26. The zero-order chi connectivity index (χ0) is 13.9. The number of benzene rings is 1. The lowest BCUT2D eigenvalue weighted by atomic mass is 9.86. The minimum absolute atomic E-state index is 0.207. The van der Waals surface area contributed by atoms with Crippen molar-refractivity contribution in [3.8, 4) is 5.75 Å². The van der Waals surface area contributed by atoms with Gasteiger partial charge in [-0.05, 0) is 37.0 Å². The number of nitrogens with zero attached hydrogens (tertiary/aromatic N) is 1. The number of halogens is 1. The average Bonchev–Trinajstić information content (AvgIpc) is 2.88. The van der Waals surface area contributed by atoms with Crippen LogP contribution in [-0.2, 0) is 16.8 Å². The second-order valence-electron chi connectivity index (χ2n) is 4.95. The molecule has 0 unspecified atom stereocenters. The molecule has 0 aromatic heterocycles. The first kappa shape index (κ1) is 13.8. The molecule has 1 saturated carbocycles. The highest BCUT2D eigenvalue weighted by atomic mass is 19.1. The van der Waals surface area contributed by atoms with Crippen molar-refractivity contribution in [3.05, 3.63) is 29.1 Å². The van der Waals surface area contributed by atoms with E-state index in [1.165, 1.54) is 13.2 Å². The summed E-state index contributed by atoms with van der Waals surface area (Å²) in [4.78, 5) is 14.8. The van der Waals surface area contributed by atoms with Crippen LogP contribution in [0.5, 0.6) is 5.75 Å². The first-order valence-corrected chi connectivity index (χ1v) is 6.63. The van der Waals surface area contributed by atoms with Crippen LogP contribution in [0.1, 0.15) is 43.7 Å². The van der Waals surface area contributed by atoms with Crippen molar-refractivity contribution in [1.29, 1.82) is 0 Å². The van der Waals surface area contributed by atoms with E-state index in [1.54, 1.807) is 6.08 Å². The van der Waals surface area contributed by atoms with Crippen LogP contribution in [-0.4, -0.2) is 13.2 Å². The Morgan fingerprint density at radius 3 is 2.63 bits per heavy atom. The van der Waals surface area contributed by atoms with Crippen LogP contribution in [0.3, 0.4) is 0 Å². The van der Waals surface area contributed by atoms with E-state index in [4.69, 9.17) is 4.74 Å². The Balaban J connectivity index is 2.64. The molecule has 1 aliphatic rings. The summed E-state index contributed by atoms with van der Waals surface area (Å²) in [5.41, 5.74) is 0.924. The quantitative estimate of drug-likeness (QED) is 0.616. The average molecular weight is 263 g/mol. The molecule has 0 aliphatic heterocycles. The van der Waals surface area contributed by atoms with Crippen LogP contribution in [0.2, 0.25) is 0 Å². The Labute approximate surface area is 112 Å². The van der Waals surface area contributed by atoms with Gasteiger partial charge in [-0.25, -0.2) is 9.18 Å². The van der Waals surface area contributed by atoms with Crippen molar-refractivity contribution in [2.24, 2.45) is 4.99 Å². The highest BCUT2D eigenvalue weighted by Gasteiger charge is 2.39. The highest BCUT2D eigenvalue weighted by Crippen LogP contribution is 2.46. The van der Waals surface area contributed by atoms with Crippen LogP contribution in [0, 0.1) is 5.82 Å². The summed E-state index contributed by atoms with van der Waals surface area (Å²) in [7, 11) is 1.45. The largest absolute Gasteiger partial charge is 0.493 e. The van der Waals surface area contributed by atoms with E-state index in [9.17, 15) is 9.18 Å². The highest BCUT2D eigenvalue weighted by molar-refractivity contribution is 5.47. The molecule has 0 N–H and O–H groups in total. The molecule has 19 heavy (non-hydrogen) atoms. The van der Waals surface area contributed by atoms with Gasteiger partial charge in [0.05, 0.1) is 7.11 Å². The predicted octanol–water partition coefficient (Wildman–Crippen LogP) is 3.50. The number of methoxy groups -OCH3 is 1. The van der Waals surface area contributed by atoms with Gasteiger partial charge in [-0.1, -0.05) is 19.8 Å². The van der Waals surface area contributed by atoms with Gasteiger partial charge in [0.1, 0.15) is 5.54 Å². The van der Waals surface area contributed by atoms with Gasteiger partial charge in [0.25, 0.3) is 0 Å². The maximum absolute atomic E-state index is 14.1. The van der Waals surface area contributed by atoms with E-state index in [-0.39, 0.29) is 11.6 Å². The van der Waals surface area contributed by atoms with Crippen LogP contribution in [0.15, 0.2) is 17.1 Å².